The van der Waals surface area contributed by atoms with Gasteiger partial charge in [-0.25, -0.2) is 9.97 Å². The van der Waals surface area contributed by atoms with Crippen molar-refractivity contribution >= 4 is 22.9 Å². The summed E-state index contributed by atoms with van der Waals surface area (Å²) in [5, 5.41) is 12.5. The minimum Gasteiger partial charge on any atom is -0.480 e. The summed E-state index contributed by atoms with van der Waals surface area (Å²) >= 11 is 0. The van der Waals surface area contributed by atoms with E-state index in [0.717, 1.165) is 22.3 Å². The van der Waals surface area contributed by atoms with E-state index in [1.165, 1.54) is 6.33 Å². The number of nitrogens with one attached hydrogen (secondary N) is 1. The number of carboxylic acid groups (broad SMARTS) is 1. The van der Waals surface area contributed by atoms with Crippen LogP contribution in [0.25, 0.3) is 33.6 Å². The van der Waals surface area contributed by atoms with E-state index < -0.39 is 5.97 Å². The number of aromatic nitrogens is 2. The predicted octanol–water partition coefficient (Wildman–Crippen LogP) is 4.36. The maximum Gasteiger partial charge on any atom is 0.322 e. The highest BCUT2D eigenvalue weighted by atomic mass is 16.4. The number of fused-ring (bicyclic) bond motifs is 1. The number of aryl methyl sites for hydroxylation is 1. The molecular formula is C21H17N3O3. The van der Waals surface area contributed by atoms with E-state index in [4.69, 9.17) is 9.52 Å². The van der Waals surface area contributed by atoms with E-state index in [1.54, 1.807) is 0 Å². The fraction of sp³-hybridized carbons (Fsp3) is 0.0952. The molecular weight excluding hydrogens is 342 g/mol. The quantitative estimate of drug-likeness (QED) is 0.550. The van der Waals surface area contributed by atoms with Gasteiger partial charge < -0.3 is 14.8 Å². The van der Waals surface area contributed by atoms with E-state index in [-0.39, 0.29) is 6.54 Å². The minimum atomic E-state index is -0.967. The molecule has 0 saturated carbocycles. The molecule has 4 aromatic rings. The Morgan fingerprint density at radius 3 is 2.48 bits per heavy atom. The topological polar surface area (TPSA) is 88.3 Å². The predicted molar refractivity (Wildman–Crippen MR) is 104 cm³/mol. The fourth-order valence-corrected chi connectivity index (χ4v) is 3.02. The van der Waals surface area contributed by atoms with Crippen molar-refractivity contribution < 1.29 is 14.3 Å². The molecule has 6 heteroatoms. The van der Waals surface area contributed by atoms with Gasteiger partial charge in [-0.2, -0.15) is 0 Å². The van der Waals surface area contributed by atoms with Gasteiger partial charge in [-0.1, -0.05) is 60.2 Å². The Hall–Kier alpha value is -3.67. The van der Waals surface area contributed by atoms with Crippen LogP contribution in [0.3, 0.4) is 0 Å². The molecule has 2 heterocycles. The zero-order valence-corrected chi connectivity index (χ0v) is 14.6. The first kappa shape index (κ1) is 16.8. The Balaban J connectivity index is 2.00. The molecule has 4 rings (SSSR count). The molecule has 134 valence electrons. The number of hydrogen-bond donors (Lipinski definition) is 2. The van der Waals surface area contributed by atoms with Crippen molar-refractivity contribution in [2.75, 3.05) is 11.9 Å². The minimum absolute atomic E-state index is 0.245. The number of carbonyl (C=O) groups is 1. The lowest BCUT2D eigenvalue weighted by molar-refractivity contribution is -0.134. The van der Waals surface area contributed by atoms with E-state index in [1.807, 2.05) is 61.5 Å². The fourth-order valence-electron chi connectivity index (χ4n) is 3.02. The number of anilines is 1. The number of carboxylic acids is 1. The van der Waals surface area contributed by atoms with Crippen LogP contribution in [0.5, 0.6) is 0 Å². The number of rotatable bonds is 5. The van der Waals surface area contributed by atoms with Gasteiger partial charge in [-0.15, -0.1) is 0 Å². The van der Waals surface area contributed by atoms with Gasteiger partial charge in [0.05, 0.1) is 5.39 Å². The van der Waals surface area contributed by atoms with Crippen LogP contribution in [0.4, 0.5) is 5.82 Å². The lowest BCUT2D eigenvalue weighted by Crippen LogP contribution is -2.13. The molecule has 0 atom stereocenters. The van der Waals surface area contributed by atoms with E-state index >= 15 is 0 Å². The van der Waals surface area contributed by atoms with Gasteiger partial charge >= 0.3 is 5.97 Å². The maximum absolute atomic E-state index is 11.0. The molecule has 0 saturated heterocycles. The molecule has 0 aliphatic rings. The highest BCUT2D eigenvalue weighted by Gasteiger charge is 2.22. The maximum atomic E-state index is 11.0. The lowest BCUT2D eigenvalue weighted by atomic mass is 9.98. The van der Waals surface area contributed by atoms with Gasteiger partial charge in [0.15, 0.2) is 0 Å². The highest BCUT2D eigenvalue weighted by molar-refractivity contribution is 6.06. The summed E-state index contributed by atoms with van der Waals surface area (Å²) in [5.74, 6) is 0.141. The second kappa shape index (κ2) is 6.92. The molecule has 0 spiro atoms. The molecule has 0 radical (unpaired) electrons. The Bertz CT molecular complexity index is 1100. The van der Waals surface area contributed by atoms with Crippen molar-refractivity contribution in [3.05, 3.63) is 66.5 Å². The normalized spacial score (nSPS) is 10.9. The number of aliphatic carboxylic acids is 1. The highest BCUT2D eigenvalue weighted by Crippen LogP contribution is 2.42. The molecule has 0 fully saturated rings. The standard InChI is InChI=1S/C21H17N3O3/c1-13-7-9-14(10-8-13)17-18-20(22-11-16(25)26)23-12-24-21(18)27-19(17)15-5-3-2-4-6-15/h2-10,12H,11H2,1H3,(H,25,26)(H,22,23,24). The number of benzene rings is 2. The van der Waals surface area contributed by atoms with Gasteiger partial charge in [0.1, 0.15) is 24.5 Å². The molecule has 0 bridgehead atoms. The van der Waals surface area contributed by atoms with Crippen molar-refractivity contribution in [1.82, 2.24) is 9.97 Å². The summed E-state index contributed by atoms with van der Waals surface area (Å²) in [6.45, 7) is 1.78. The Kier molecular flexibility index (Phi) is 4.30. The summed E-state index contributed by atoms with van der Waals surface area (Å²) in [5.41, 5.74) is 4.26. The Morgan fingerprint density at radius 1 is 1.04 bits per heavy atom. The number of nitrogens with zero attached hydrogens (tertiary/aromatic N) is 2. The average molecular weight is 359 g/mol. The van der Waals surface area contributed by atoms with Crippen LogP contribution in [-0.2, 0) is 4.79 Å². The van der Waals surface area contributed by atoms with Gasteiger partial charge in [-0.05, 0) is 12.5 Å². The second-order valence-electron chi connectivity index (χ2n) is 6.19. The lowest BCUT2D eigenvalue weighted by Gasteiger charge is -2.07. The number of furan rings is 1. The van der Waals surface area contributed by atoms with Crippen LogP contribution in [-0.4, -0.2) is 27.6 Å². The second-order valence-corrected chi connectivity index (χ2v) is 6.19. The Morgan fingerprint density at radius 2 is 1.78 bits per heavy atom. The third kappa shape index (κ3) is 3.25. The first-order chi connectivity index (χ1) is 13.1. The summed E-state index contributed by atoms with van der Waals surface area (Å²) in [7, 11) is 0. The van der Waals surface area contributed by atoms with Crippen LogP contribution < -0.4 is 5.32 Å². The summed E-state index contributed by atoms with van der Waals surface area (Å²) in [6, 6.07) is 17.8. The molecule has 2 N–H and O–H groups in total. The third-order valence-electron chi connectivity index (χ3n) is 4.27. The van der Waals surface area contributed by atoms with E-state index in [2.05, 4.69) is 15.3 Å². The van der Waals surface area contributed by atoms with Crippen LogP contribution >= 0.6 is 0 Å². The van der Waals surface area contributed by atoms with Crippen LogP contribution in [0.1, 0.15) is 5.56 Å². The molecule has 0 aliphatic heterocycles. The molecule has 2 aromatic carbocycles. The van der Waals surface area contributed by atoms with Gasteiger partial charge in [-0.3, -0.25) is 4.79 Å². The molecule has 27 heavy (non-hydrogen) atoms. The molecule has 0 amide bonds. The van der Waals surface area contributed by atoms with Crippen molar-refractivity contribution in [3.8, 4) is 22.5 Å². The van der Waals surface area contributed by atoms with E-state index in [0.29, 0.717) is 22.7 Å². The average Bonchev–Trinajstić information content (AvgIpc) is 3.08. The molecule has 0 aliphatic carbocycles. The van der Waals surface area contributed by atoms with Crippen molar-refractivity contribution in [2.45, 2.75) is 6.92 Å². The molecule has 0 unspecified atom stereocenters. The van der Waals surface area contributed by atoms with Gasteiger partial charge in [0.25, 0.3) is 0 Å². The summed E-state index contributed by atoms with van der Waals surface area (Å²) < 4.78 is 6.08. The smallest absolute Gasteiger partial charge is 0.322 e. The largest absolute Gasteiger partial charge is 0.480 e. The third-order valence-corrected chi connectivity index (χ3v) is 4.27. The van der Waals surface area contributed by atoms with Crippen LogP contribution in [0.15, 0.2) is 65.3 Å². The van der Waals surface area contributed by atoms with Crippen molar-refractivity contribution in [3.63, 3.8) is 0 Å². The van der Waals surface area contributed by atoms with Crippen LogP contribution in [0, 0.1) is 6.92 Å². The van der Waals surface area contributed by atoms with Gasteiger partial charge in [0.2, 0.25) is 5.71 Å². The molecule has 2 aromatic heterocycles. The summed E-state index contributed by atoms with van der Waals surface area (Å²) in [6.07, 6.45) is 1.36. The van der Waals surface area contributed by atoms with Crippen molar-refractivity contribution in [2.24, 2.45) is 0 Å². The molecule has 6 nitrogen and oxygen atoms in total. The van der Waals surface area contributed by atoms with Gasteiger partial charge in [0, 0.05) is 11.1 Å². The van der Waals surface area contributed by atoms with Crippen LogP contribution in [0.2, 0.25) is 0 Å². The summed E-state index contributed by atoms with van der Waals surface area (Å²) in [4.78, 5) is 19.5. The first-order valence-corrected chi connectivity index (χ1v) is 8.49. The number of hydrogen-bond acceptors (Lipinski definition) is 5. The monoisotopic (exact) mass is 359 g/mol. The van der Waals surface area contributed by atoms with E-state index in [9.17, 15) is 4.79 Å². The van der Waals surface area contributed by atoms with Crippen molar-refractivity contribution in [1.29, 1.82) is 0 Å². The zero-order valence-electron chi connectivity index (χ0n) is 14.6. The SMILES string of the molecule is Cc1ccc(-c2c(-c3ccccc3)oc3ncnc(NCC(=O)O)c23)cc1. The zero-order chi connectivity index (χ0) is 18.8. The first-order valence-electron chi connectivity index (χ1n) is 8.49. The Labute approximate surface area is 155 Å².